The summed E-state index contributed by atoms with van der Waals surface area (Å²) in [7, 11) is 0. The number of carbonyl (C=O) groups is 1. The van der Waals surface area contributed by atoms with Gasteiger partial charge in [0.25, 0.3) is 0 Å². The Morgan fingerprint density at radius 1 is 0.967 bits per heavy atom. The quantitative estimate of drug-likeness (QED) is 0.434. The van der Waals surface area contributed by atoms with E-state index in [-0.39, 0.29) is 5.56 Å². The van der Waals surface area contributed by atoms with Gasteiger partial charge >= 0.3 is 5.97 Å². The molecular formula is C25H25N3O2. The summed E-state index contributed by atoms with van der Waals surface area (Å²) in [5, 5.41) is 14.0. The molecule has 152 valence electrons. The first-order valence-corrected chi connectivity index (χ1v) is 10.0. The fourth-order valence-corrected chi connectivity index (χ4v) is 3.58. The minimum atomic E-state index is -0.924. The van der Waals surface area contributed by atoms with Crippen LogP contribution in [0.2, 0.25) is 0 Å². The minimum Gasteiger partial charge on any atom is -0.478 e. The molecule has 2 N–H and O–H groups in total. The van der Waals surface area contributed by atoms with Crippen LogP contribution in [-0.4, -0.2) is 25.8 Å². The predicted molar refractivity (Wildman–Crippen MR) is 119 cm³/mol. The molecule has 0 aliphatic heterocycles. The number of nitrogens with one attached hydrogen (secondary N) is 1. The molecule has 0 bridgehead atoms. The van der Waals surface area contributed by atoms with Gasteiger partial charge in [-0.3, -0.25) is 0 Å². The van der Waals surface area contributed by atoms with E-state index in [9.17, 15) is 4.79 Å². The maximum atomic E-state index is 11.1. The Bertz CT molecular complexity index is 1210. The highest BCUT2D eigenvalue weighted by molar-refractivity contribution is 5.88. The summed E-state index contributed by atoms with van der Waals surface area (Å²) < 4.78 is 2.05. The highest BCUT2D eigenvalue weighted by Gasteiger charge is 2.16. The number of hydrogen-bond acceptors (Lipinski definition) is 2. The summed E-state index contributed by atoms with van der Waals surface area (Å²) in [5.41, 5.74) is 8.59. The van der Waals surface area contributed by atoms with Crippen LogP contribution in [0.25, 0.3) is 28.3 Å². The zero-order chi connectivity index (χ0) is 21.4. The molecule has 2 heterocycles. The number of aromatic nitrogens is 3. The average Bonchev–Trinajstić information content (AvgIpc) is 3.37. The Morgan fingerprint density at radius 2 is 1.67 bits per heavy atom. The number of H-pyrrole nitrogens is 1. The van der Waals surface area contributed by atoms with Gasteiger partial charge in [0, 0.05) is 11.4 Å². The number of benzene rings is 2. The second-order valence-electron chi connectivity index (χ2n) is 7.98. The highest BCUT2D eigenvalue weighted by atomic mass is 16.4. The SMILES string of the molecule is Cc1ccc(C)c(-n2nc(-c3ccc(-c4ccc(C(=O)O)cc4)[nH]3)cc2C(C)C)c1. The van der Waals surface area contributed by atoms with Crippen molar-refractivity contribution in [1.82, 2.24) is 14.8 Å². The molecule has 2 aromatic heterocycles. The molecule has 2 aromatic carbocycles. The number of nitrogens with zero attached hydrogens (tertiary/aromatic N) is 2. The lowest BCUT2D eigenvalue weighted by Crippen LogP contribution is -2.05. The molecule has 5 heteroatoms. The van der Waals surface area contributed by atoms with E-state index in [1.807, 2.05) is 28.9 Å². The number of aromatic amines is 1. The second-order valence-corrected chi connectivity index (χ2v) is 7.98. The molecule has 4 aromatic rings. The molecule has 0 amide bonds. The average molecular weight is 399 g/mol. The van der Waals surface area contributed by atoms with E-state index in [0.29, 0.717) is 5.92 Å². The highest BCUT2D eigenvalue weighted by Crippen LogP contribution is 2.29. The van der Waals surface area contributed by atoms with Crippen LogP contribution in [0.5, 0.6) is 0 Å². The predicted octanol–water partition coefficient (Wildman–Crippen LogP) is 5.97. The molecule has 0 saturated heterocycles. The van der Waals surface area contributed by atoms with Gasteiger partial charge in [0.15, 0.2) is 0 Å². The third-order valence-corrected chi connectivity index (χ3v) is 5.33. The van der Waals surface area contributed by atoms with E-state index >= 15 is 0 Å². The fourth-order valence-electron chi connectivity index (χ4n) is 3.58. The molecule has 5 nitrogen and oxygen atoms in total. The minimum absolute atomic E-state index is 0.277. The summed E-state index contributed by atoms with van der Waals surface area (Å²) in [4.78, 5) is 14.5. The first-order chi connectivity index (χ1) is 14.3. The summed E-state index contributed by atoms with van der Waals surface area (Å²) in [5.74, 6) is -0.601. The Kier molecular flexibility index (Phi) is 5.04. The maximum Gasteiger partial charge on any atom is 0.335 e. The first-order valence-electron chi connectivity index (χ1n) is 10.0. The molecule has 0 unspecified atom stereocenters. The van der Waals surface area contributed by atoms with E-state index in [1.165, 1.54) is 11.1 Å². The van der Waals surface area contributed by atoms with Crippen molar-refractivity contribution in [2.75, 3.05) is 0 Å². The van der Waals surface area contributed by atoms with Crippen LogP contribution in [0.3, 0.4) is 0 Å². The third kappa shape index (κ3) is 3.66. The van der Waals surface area contributed by atoms with Gasteiger partial charge in [-0.15, -0.1) is 0 Å². The lowest BCUT2D eigenvalue weighted by molar-refractivity contribution is 0.0697. The van der Waals surface area contributed by atoms with E-state index in [2.05, 4.69) is 56.9 Å². The van der Waals surface area contributed by atoms with Gasteiger partial charge in [0.2, 0.25) is 0 Å². The van der Waals surface area contributed by atoms with Gasteiger partial charge in [-0.25, -0.2) is 9.48 Å². The van der Waals surface area contributed by atoms with Crippen molar-refractivity contribution in [2.24, 2.45) is 0 Å². The number of hydrogen-bond donors (Lipinski definition) is 2. The molecule has 0 atom stereocenters. The molecule has 0 spiro atoms. The van der Waals surface area contributed by atoms with Crippen molar-refractivity contribution in [1.29, 1.82) is 0 Å². The van der Waals surface area contributed by atoms with Gasteiger partial charge in [0.05, 0.1) is 16.9 Å². The van der Waals surface area contributed by atoms with Gasteiger partial charge in [0.1, 0.15) is 5.69 Å². The normalized spacial score (nSPS) is 11.2. The lowest BCUT2D eigenvalue weighted by Gasteiger charge is -2.13. The van der Waals surface area contributed by atoms with E-state index in [4.69, 9.17) is 10.2 Å². The van der Waals surface area contributed by atoms with Crippen molar-refractivity contribution >= 4 is 5.97 Å². The van der Waals surface area contributed by atoms with Crippen molar-refractivity contribution in [3.8, 4) is 28.3 Å². The van der Waals surface area contributed by atoms with Gasteiger partial charge in [-0.1, -0.05) is 38.1 Å². The van der Waals surface area contributed by atoms with E-state index < -0.39 is 5.97 Å². The van der Waals surface area contributed by atoms with Crippen LogP contribution >= 0.6 is 0 Å². The van der Waals surface area contributed by atoms with Crippen LogP contribution in [0.15, 0.2) is 60.7 Å². The number of aryl methyl sites for hydroxylation is 2. The molecule has 0 aliphatic rings. The van der Waals surface area contributed by atoms with Crippen molar-refractivity contribution in [3.63, 3.8) is 0 Å². The van der Waals surface area contributed by atoms with Gasteiger partial charge in [-0.05, 0) is 72.9 Å². The number of carboxylic acids is 1. The summed E-state index contributed by atoms with van der Waals surface area (Å²) in [6.07, 6.45) is 0. The smallest absolute Gasteiger partial charge is 0.335 e. The Labute approximate surface area is 176 Å². The van der Waals surface area contributed by atoms with Crippen LogP contribution in [-0.2, 0) is 0 Å². The Hall–Kier alpha value is -3.60. The van der Waals surface area contributed by atoms with Crippen LogP contribution in [0.4, 0.5) is 0 Å². The van der Waals surface area contributed by atoms with Crippen LogP contribution in [0, 0.1) is 13.8 Å². The first kappa shape index (κ1) is 19.7. The Balaban J connectivity index is 1.73. The van der Waals surface area contributed by atoms with Crippen LogP contribution in [0.1, 0.15) is 46.9 Å². The number of carboxylic acid groups (broad SMARTS) is 1. The number of aromatic carboxylic acids is 1. The van der Waals surface area contributed by atoms with Crippen molar-refractivity contribution in [3.05, 3.63) is 83.0 Å². The van der Waals surface area contributed by atoms with Crippen molar-refractivity contribution < 1.29 is 9.90 Å². The van der Waals surface area contributed by atoms with Crippen molar-refractivity contribution in [2.45, 2.75) is 33.6 Å². The molecule has 0 saturated carbocycles. The lowest BCUT2D eigenvalue weighted by atomic mass is 10.1. The van der Waals surface area contributed by atoms with E-state index in [1.54, 1.807) is 12.1 Å². The largest absolute Gasteiger partial charge is 0.478 e. The fraction of sp³-hybridized carbons (Fsp3) is 0.200. The number of rotatable bonds is 5. The summed E-state index contributed by atoms with van der Waals surface area (Å²) in [6.45, 7) is 8.54. The topological polar surface area (TPSA) is 70.9 Å². The molecule has 0 aliphatic carbocycles. The monoisotopic (exact) mass is 399 g/mol. The maximum absolute atomic E-state index is 11.1. The van der Waals surface area contributed by atoms with Crippen LogP contribution < -0.4 is 0 Å². The zero-order valence-electron chi connectivity index (χ0n) is 17.6. The van der Waals surface area contributed by atoms with Gasteiger partial charge in [-0.2, -0.15) is 5.10 Å². The molecule has 4 rings (SSSR count). The summed E-state index contributed by atoms with van der Waals surface area (Å²) >= 11 is 0. The zero-order valence-corrected chi connectivity index (χ0v) is 17.6. The molecule has 0 radical (unpaired) electrons. The molecular weight excluding hydrogens is 374 g/mol. The standard InChI is InChI=1S/C25H25N3O2/c1-15(2)23-14-22(27-28(23)24-13-16(3)5-6-17(24)4)21-12-11-20(26-21)18-7-9-19(10-8-18)25(29)30/h5-15,26H,1-4H3,(H,29,30). The molecule has 30 heavy (non-hydrogen) atoms. The molecule has 0 fully saturated rings. The van der Waals surface area contributed by atoms with Gasteiger partial charge < -0.3 is 10.1 Å². The third-order valence-electron chi connectivity index (χ3n) is 5.33. The Morgan fingerprint density at radius 3 is 2.33 bits per heavy atom. The second kappa shape index (κ2) is 7.67. The summed E-state index contributed by atoms with van der Waals surface area (Å²) in [6, 6.07) is 19.4. The van der Waals surface area contributed by atoms with E-state index in [0.717, 1.165) is 34.0 Å².